The summed E-state index contributed by atoms with van der Waals surface area (Å²) in [6.07, 6.45) is -0.654. The molecule has 1 amide bonds. The van der Waals surface area contributed by atoms with Crippen molar-refractivity contribution in [3.63, 3.8) is 0 Å². The zero-order chi connectivity index (χ0) is 25.8. The number of anilines is 1. The summed E-state index contributed by atoms with van der Waals surface area (Å²) in [5.41, 5.74) is 5.84. The molecule has 1 aliphatic heterocycles. The molecule has 0 radical (unpaired) electrons. The zero-order valence-electron chi connectivity index (χ0n) is 21.9. The van der Waals surface area contributed by atoms with Crippen molar-refractivity contribution in [2.75, 3.05) is 51.3 Å². The van der Waals surface area contributed by atoms with Crippen LogP contribution in [0.4, 0.5) is 5.69 Å². The number of amides is 1. The average molecular weight is 492 g/mol. The van der Waals surface area contributed by atoms with E-state index in [0.717, 1.165) is 37.6 Å². The number of β-amino-alcohol motifs (C(OH)–C–C–N with tert-alkyl or cyclic N) is 1. The van der Waals surface area contributed by atoms with Crippen molar-refractivity contribution in [2.45, 2.75) is 33.8 Å². The summed E-state index contributed by atoms with van der Waals surface area (Å²) < 4.78 is 7.40. The van der Waals surface area contributed by atoms with Gasteiger partial charge >= 0.3 is 0 Å². The summed E-state index contributed by atoms with van der Waals surface area (Å²) >= 11 is 0. The van der Waals surface area contributed by atoms with E-state index in [0.29, 0.717) is 23.8 Å². The Morgan fingerprint density at radius 3 is 2.44 bits per heavy atom. The minimum Gasteiger partial charge on any atom is -0.495 e. The lowest BCUT2D eigenvalue weighted by atomic mass is 10.1. The highest BCUT2D eigenvalue weighted by molar-refractivity contribution is 5.93. The van der Waals surface area contributed by atoms with Crippen molar-refractivity contribution >= 4 is 11.6 Å². The van der Waals surface area contributed by atoms with Gasteiger partial charge in [-0.1, -0.05) is 24.3 Å². The molecule has 1 fully saturated rings. The summed E-state index contributed by atoms with van der Waals surface area (Å²) in [5, 5.41) is 13.5. The molecular formula is C28H37N5O3. The number of imidazole rings is 1. The maximum atomic E-state index is 12.9. The molecule has 1 aromatic heterocycles. The number of benzene rings is 2. The molecule has 0 saturated carbocycles. The van der Waals surface area contributed by atoms with Crippen LogP contribution >= 0.6 is 0 Å². The quantitative estimate of drug-likeness (QED) is 0.504. The number of para-hydroxylation sites is 2. The number of nitrogens with zero attached hydrogens (tertiary/aromatic N) is 4. The van der Waals surface area contributed by atoms with Gasteiger partial charge in [0.25, 0.3) is 5.91 Å². The Morgan fingerprint density at radius 2 is 1.72 bits per heavy atom. The molecule has 1 atom stereocenters. The average Bonchev–Trinajstić information content (AvgIpc) is 3.18. The van der Waals surface area contributed by atoms with Crippen molar-refractivity contribution in [1.82, 2.24) is 19.8 Å². The standard InChI is InChI=1S/C28H37N5O3/c1-19-9-8-11-24(20(19)2)32-15-13-31(14-16-32)18-23(34)17-29-28(35)27-21(3)33(22(4)30-27)25-10-6-7-12-26(25)36-5/h6-12,23,34H,13-18H2,1-5H3,(H,29,35). The predicted molar refractivity (Wildman–Crippen MR) is 142 cm³/mol. The third-order valence-corrected chi connectivity index (χ3v) is 7.07. The number of nitrogens with one attached hydrogen (secondary N) is 1. The van der Waals surface area contributed by atoms with Gasteiger partial charge in [0.1, 0.15) is 17.3 Å². The fourth-order valence-corrected chi connectivity index (χ4v) is 4.93. The highest BCUT2D eigenvalue weighted by Crippen LogP contribution is 2.26. The van der Waals surface area contributed by atoms with Gasteiger partial charge in [-0.3, -0.25) is 14.3 Å². The molecule has 3 aromatic rings. The normalized spacial score (nSPS) is 15.1. The van der Waals surface area contributed by atoms with Crippen LogP contribution in [-0.4, -0.2) is 77.9 Å². The summed E-state index contributed by atoms with van der Waals surface area (Å²) in [4.78, 5) is 22.1. The van der Waals surface area contributed by atoms with Crippen LogP contribution in [0.3, 0.4) is 0 Å². The second-order valence-electron chi connectivity index (χ2n) is 9.47. The number of hydrogen-bond acceptors (Lipinski definition) is 6. The number of carbonyl (C=O) groups excluding carboxylic acids is 1. The zero-order valence-corrected chi connectivity index (χ0v) is 21.9. The highest BCUT2D eigenvalue weighted by Gasteiger charge is 2.23. The number of aliphatic hydroxyl groups excluding tert-OH is 1. The van der Waals surface area contributed by atoms with Gasteiger partial charge < -0.3 is 20.1 Å². The molecule has 192 valence electrons. The molecular weight excluding hydrogens is 454 g/mol. The Labute approximate surface area is 213 Å². The first-order chi connectivity index (χ1) is 17.3. The number of aryl methyl sites for hydroxylation is 2. The number of carbonyl (C=O) groups is 1. The predicted octanol–water partition coefficient (Wildman–Crippen LogP) is 3.03. The minimum absolute atomic E-state index is 0.177. The van der Waals surface area contributed by atoms with Crippen LogP contribution in [-0.2, 0) is 0 Å². The van der Waals surface area contributed by atoms with E-state index >= 15 is 0 Å². The molecule has 8 heteroatoms. The second kappa shape index (κ2) is 11.1. The Hall–Kier alpha value is -3.36. The van der Waals surface area contributed by atoms with Crippen molar-refractivity contribution in [1.29, 1.82) is 0 Å². The number of ether oxygens (including phenoxy) is 1. The van der Waals surface area contributed by atoms with E-state index in [-0.39, 0.29) is 12.5 Å². The summed E-state index contributed by atoms with van der Waals surface area (Å²) in [5.74, 6) is 1.12. The van der Waals surface area contributed by atoms with Crippen LogP contribution in [0.5, 0.6) is 5.75 Å². The number of aromatic nitrogens is 2. The van der Waals surface area contributed by atoms with E-state index in [1.807, 2.05) is 42.7 Å². The third-order valence-electron chi connectivity index (χ3n) is 7.07. The first-order valence-corrected chi connectivity index (χ1v) is 12.5. The van der Waals surface area contributed by atoms with E-state index < -0.39 is 6.10 Å². The van der Waals surface area contributed by atoms with Crippen molar-refractivity contribution in [3.05, 3.63) is 70.8 Å². The van der Waals surface area contributed by atoms with E-state index in [1.54, 1.807) is 7.11 Å². The maximum Gasteiger partial charge on any atom is 0.271 e. The fraction of sp³-hybridized carbons (Fsp3) is 0.429. The SMILES string of the molecule is COc1ccccc1-n1c(C)nc(C(=O)NCC(O)CN2CCN(c3cccc(C)c3C)CC2)c1C. The molecule has 2 heterocycles. The Balaban J connectivity index is 1.31. The van der Waals surface area contributed by atoms with Gasteiger partial charge in [-0.2, -0.15) is 0 Å². The monoisotopic (exact) mass is 491 g/mol. The molecule has 0 aliphatic carbocycles. The van der Waals surface area contributed by atoms with Gasteiger partial charge in [-0.25, -0.2) is 4.98 Å². The molecule has 8 nitrogen and oxygen atoms in total. The Morgan fingerprint density at radius 1 is 1.03 bits per heavy atom. The molecule has 1 aliphatic rings. The van der Waals surface area contributed by atoms with Crippen LogP contribution in [0.1, 0.15) is 33.1 Å². The van der Waals surface area contributed by atoms with E-state index in [1.165, 1.54) is 16.8 Å². The minimum atomic E-state index is -0.654. The van der Waals surface area contributed by atoms with E-state index in [2.05, 4.69) is 52.1 Å². The third kappa shape index (κ3) is 5.39. The molecule has 4 rings (SSSR count). The van der Waals surface area contributed by atoms with Crippen LogP contribution in [0.25, 0.3) is 5.69 Å². The van der Waals surface area contributed by atoms with E-state index in [9.17, 15) is 9.90 Å². The van der Waals surface area contributed by atoms with Gasteiger partial charge in [-0.05, 0) is 57.0 Å². The first kappa shape index (κ1) is 25.7. The molecule has 36 heavy (non-hydrogen) atoms. The molecule has 0 spiro atoms. The lowest BCUT2D eigenvalue weighted by molar-refractivity contribution is 0.0847. The Bertz CT molecular complexity index is 1210. The summed E-state index contributed by atoms with van der Waals surface area (Å²) in [6, 6.07) is 14.1. The fourth-order valence-electron chi connectivity index (χ4n) is 4.93. The van der Waals surface area contributed by atoms with Crippen LogP contribution < -0.4 is 15.0 Å². The molecule has 1 saturated heterocycles. The van der Waals surface area contributed by atoms with Crippen LogP contribution in [0, 0.1) is 27.7 Å². The van der Waals surface area contributed by atoms with Gasteiger partial charge in [-0.15, -0.1) is 0 Å². The summed E-state index contributed by atoms with van der Waals surface area (Å²) in [7, 11) is 1.62. The van der Waals surface area contributed by atoms with Gasteiger partial charge in [0.15, 0.2) is 0 Å². The number of hydrogen-bond donors (Lipinski definition) is 2. The van der Waals surface area contributed by atoms with Crippen molar-refractivity contribution in [2.24, 2.45) is 0 Å². The van der Waals surface area contributed by atoms with Gasteiger partial charge in [0, 0.05) is 45.0 Å². The summed E-state index contributed by atoms with van der Waals surface area (Å²) in [6.45, 7) is 12.3. The lowest BCUT2D eigenvalue weighted by Gasteiger charge is -2.37. The second-order valence-corrected chi connectivity index (χ2v) is 9.47. The first-order valence-electron chi connectivity index (χ1n) is 12.5. The van der Waals surface area contributed by atoms with Gasteiger partial charge in [0.05, 0.1) is 24.6 Å². The lowest BCUT2D eigenvalue weighted by Crippen LogP contribution is -2.50. The topological polar surface area (TPSA) is 82.9 Å². The maximum absolute atomic E-state index is 12.9. The van der Waals surface area contributed by atoms with Gasteiger partial charge in [0.2, 0.25) is 0 Å². The van der Waals surface area contributed by atoms with Crippen molar-refractivity contribution in [3.8, 4) is 11.4 Å². The van der Waals surface area contributed by atoms with Crippen LogP contribution in [0.2, 0.25) is 0 Å². The smallest absolute Gasteiger partial charge is 0.271 e. The highest BCUT2D eigenvalue weighted by atomic mass is 16.5. The Kier molecular flexibility index (Phi) is 7.96. The number of rotatable bonds is 8. The number of aliphatic hydroxyl groups is 1. The molecule has 2 aromatic carbocycles. The molecule has 0 bridgehead atoms. The molecule has 2 N–H and O–H groups in total. The van der Waals surface area contributed by atoms with Crippen LogP contribution in [0.15, 0.2) is 42.5 Å². The van der Waals surface area contributed by atoms with E-state index in [4.69, 9.17) is 4.74 Å². The van der Waals surface area contributed by atoms with Crippen molar-refractivity contribution < 1.29 is 14.6 Å². The number of methoxy groups -OCH3 is 1. The number of piperazine rings is 1. The molecule has 1 unspecified atom stereocenters. The largest absolute Gasteiger partial charge is 0.495 e.